The van der Waals surface area contributed by atoms with E-state index < -0.39 is 21.8 Å². The van der Waals surface area contributed by atoms with Crippen LogP contribution in [0.5, 0.6) is 0 Å². The molecule has 2 aromatic rings. The van der Waals surface area contributed by atoms with Gasteiger partial charge in [-0.3, -0.25) is 20.4 Å². The summed E-state index contributed by atoms with van der Waals surface area (Å²) in [6.07, 6.45) is 0. The van der Waals surface area contributed by atoms with Crippen LogP contribution in [-0.2, 0) is 14.8 Å². The van der Waals surface area contributed by atoms with Crippen LogP contribution in [0.25, 0.3) is 0 Å². The lowest BCUT2D eigenvalue weighted by atomic mass is 10.2. The number of ether oxygens (including phenoxy) is 1. The fourth-order valence-corrected chi connectivity index (χ4v) is 4.81. The Morgan fingerprint density at radius 3 is 2.44 bits per heavy atom. The zero-order chi connectivity index (χ0) is 19.4. The van der Waals surface area contributed by atoms with Gasteiger partial charge in [0.1, 0.15) is 0 Å². The van der Waals surface area contributed by atoms with Gasteiger partial charge < -0.3 is 4.74 Å². The summed E-state index contributed by atoms with van der Waals surface area (Å²) in [6, 6.07) is 8.74. The highest BCUT2D eigenvalue weighted by molar-refractivity contribution is 7.89. The molecule has 0 radical (unpaired) electrons. The molecule has 1 aromatic carbocycles. The molecule has 1 saturated heterocycles. The summed E-state index contributed by atoms with van der Waals surface area (Å²) < 4.78 is 32.3. The fraction of sp³-hybridized carbons (Fsp3) is 0.250. The highest BCUT2D eigenvalue weighted by atomic mass is 35.5. The van der Waals surface area contributed by atoms with Gasteiger partial charge in [-0.1, -0.05) is 17.7 Å². The lowest BCUT2D eigenvalue weighted by molar-refractivity contribution is 0.0730. The number of sulfonamides is 1. The van der Waals surface area contributed by atoms with Gasteiger partial charge in [0.15, 0.2) is 0 Å². The van der Waals surface area contributed by atoms with Crippen LogP contribution in [0.2, 0.25) is 4.34 Å². The molecule has 1 aliphatic heterocycles. The Labute approximate surface area is 165 Å². The highest BCUT2D eigenvalue weighted by Gasteiger charge is 2.26. The third-order valence-electron chi connectivity index (χ3n) is 3.79. The number of thiophene rings is 1. The monoisotopic (exact) mass is 429 g/mol. The number of carbonyl (C=O) groups excluding carboxylic acids is 2. The molecule has 0 saturated carbocycles. The molecule has 2 heterocycles. The number of nitrogens with one attached hydrogen (secondary N) is 2. The van der Waals surface area contributed by atoms with E-state index in [-0.39, 0.29) is 23.5 Å². The maximum atomic E-state index is 12.7. The standard InChI is InChI=1S/C16H16ClN3O5S2/c17-14-5-4-13(26-14)16(22)19-18-15(21)11-2-1-3-12(10-11)27(23,24)20-6-8-25-9-7-20/h1-5,10H,6-9H2,(H,18,21)(H,19,22). The lowest BCUT2D eigenvalue weighted by Crippen LogP contribution is -2.42. The van der Waals surface area contributed by atoms with E-state index in [1.807, 2.05) is 0 Å². The van der Waals surface area contributed by atoms with Crippen molar-refractivity contribution in [1.29, 1.82) is 0 Å². The first-order valence-electron chi connectivity index (χ1n) is 7.92. The van der Waals surface area contributed by atoms with Crippen LogP contribution in [0.4, 0.5) is 0 Å². The maximum absolute atomic E-state index is 12.7. The summed E-state index contributed by atoms with van der Waals surface area (Å²) in [5.74, 6) is -1.15. The quantitative estimate of drug-likeness (QED) is 0.716. The molecule has 2 N–H and O–H groups in total. The van der Waals surface area contributed by atoms with Crippen molar-refractivity contribution < 1.29 is 22.7 Å². The molecule has 0 unspecified atom stereocenters. The maximum Gasteiger partial charge on any atom is 0.279 e. The van der Waals surface area contributed by atoms with E-state index in [0.29, 0.717) is 22.4 Å². The van der Waals surface area contributed by atoms with Gasteiger partial charge in [0.2, 0.25) is 10.0 Å². The second-order valence-corrected chi connectivity index (χ2v) is 9.21. The Balaban J connectivity index is 1.69. The molecule has 27 heavy (non-hydrogen) atoms. The number of amides is 2. The van der Waals surface area contributed by atoms with Crippen molar-refractivity contribution in [3.63, 3.8) is 0 Å². The first kappa shape index (κ1) is 19.8. The molecule has 0 atom stereocenters. The average Bonchev–Trinajstić information content (AvgIpc) is 3.13. The van der Waals surface area contributed by atoms with Gasteiger partial charge in [0.05, 0.1) is 27.3 Å². The number of hydrazine groups is 1. The summed E-state index contributed by atoms with van der Waals surface area (Å²) in [7, 11) is -3.72. The smallest absolute Gasteiger partial charge is 0.279 e. The van der Waals surface area contributed by atoms with Crippen LogP contribution in [0.3, 0.4) is 0 Å². The Bertz CT molecular complexity index is 954. The summed E-state index contributed by atoms with van der Waals surface area (Å²) in [5.41, 5.74) is 4.64. The molecule has 11 heteroatoms. The van der Waals surface area contributed by atoms with E-state index in [4.69, 9.17) is 16.3 Å². The van der Waals surface area contributed by atoms with Gasteiger partial charge in [-0.05, 0) is 30.3 Å². The second kappa shape index (κ2) is 8.36. The molecule has 1 aromatic heterocycles. The molecule has 144 valence electrons. The number of rotatable bonds is 4. The number of hydrogen-bond acceptors (Lipinski definition) is 6. The third kappa shape index (κ3) is 4.66. The summed E-state index contributed by atoms with van der Waals surface area (Å²) in [4.78, 5) is 24.5. The van der Waals surface area contributed by atoms with Gasteiger partial charge in [-0.15, -0.1) is 11.3 Å². The van der Waals surface area contributed by atoms with Gasteiger partial charge in [-0.2, -0.15) is 4.31 Å². The average molecular weight is 430 g/mol. The number of hydrogen-bond donors (Lipinski definition) is 2. The topological polar surface area (TPSA) is 105 Å². The minimum Gasteiger partial charge on any atom is -0.379 e. The number of morpholine rings is 1. The summed E-state index contributed by atoms with van der Waals surface area (Å²) in [6.45, 7) is 1.19. The van der Waals surface area contributed by atoms with E-state index in [2.05, 4.69) is 10.9 Å². The zero-order valence-electron chi connectivity index (χ0n) is 14.0. The van der Waals surface area contributed by atoms with E-state index in [1.54, 1.807) is 6.07 Å². The molecule has 0 bridgehead atoms. The largest absolute Gasteiger partial charge is 0.379 e. The van der Waals surface area contributed by atoms with Crippen LogP contribution >= 0.6 is 22.9 Å². The van der Waals surface area contributed by atoms with Gasteiger partial charge in [0, 0.05) is 18.7 Å². The SMILES string of the molecule is O=C(NNC(=O)c1ccc(Cl)s1)c1cccc(S(=O)(=O)N2CCOCC2)c1. The molecule has 1 fully saturated rings. The molecular formula is C16H16ClN3O5S2. The predicted molar refractivity (Wildman–Crippen MR) is 100 cm³/mol. The van der Waals surface area contributed by atoms with Crippen molar-refractivity contribution in [2.75, 3.05) is 26.3 Å². The van der Waals surface area contributed by atoms with E-state index in [0.717, 1.165) is 11.3 Å². The fourth-order valence-electron chi connectivity index (χ4n) is 2.42. The second-order valence-electron chi connectivity index (χ2n) is 5.56. The summed E-state index contributed by atoms with van der Waals surface area (Å²) in [5, 5.41) is 0. The van der Waals surface area contributed by atoms with E-state index in [9.17, 15) is 18.0 Å². The van der Waals surface area contributed by atoms with Crippen LogP contribution in [0.1, 0.15) is 20.0 Å². The van der Waals surface area contributed by atoms with Gasteiger partial charge in [-0.25, -0.2) is 8.42 Å². The minimum absolute atomic E-state index is 0.00779. The molecular weight excluding hydrogens is 414 g/mol. The number of benzene rings is 1. The third-order valence-corrected chi connectivity index (χ3v) is 6.92. The van der Waals surface area contributed by atoms with Crippen molar-refractivity contribution in [3.05, 3.63) is 51.2 Å². The van der Waals surface area contributed by atoms with Crippen molar-refractivity contribution in [2.45, 2.75) is 4.90 Å². The summed E-state index contributed by atoms with van der Waals surface area (Å²) >= 11 is 6.84. The first-order valence-corrected chi connectivity index (χ1v) is 10.6. The van der Waals surface area contributed by atoms with Crippen LogP contribution in [0, 0.1) is 0 Å². The van der Waals surface area contributed by atoms with E-state index in [1.165, 1.54) is 34.6 Å². The van der Waals surface area contributed by atoms with Crippen LogP contribution < -0.4 is 10.9 Å². The van der Waals surface area contributed by atoms with Gasteiger partial charge in [0.25, 0.3) is 11.8 Å². The van der Waals surface area contributed by atoms with E-state index >= 15 is 0 Å². The number of halogens is 1. The van der Waals surface area contributed by atoms with Crippen LogP contribution in [0.15, 0.2) is 41.3 Å². The Kier molecular flexibility index (Phi) is 6.12. The normalized spacial score (nSPS) is 15.3. The van der Waals surface area contributed by atoms with Crippen molar-refractivity contribution in [2.24, 2.45) is 0 Å². The predicted octanol–water partition coefficient (Wildman–Crippen LogP) is 1.50. The highest BCUT2D eigenvalue weighted by Crippen LogP contribution is 2.21. The van der Waals surface area contributed by atoms with Gasteiger partial charge >= 0.3 is 0 Å². The molecule has 0 spiro atoms. The molecule has 0 aliphatic carbocycles. The molecule has 2 amide bonds. The Morgan fingerprint density at radius 2 is 1.78 bits per heavy atom. The number of carbonyl (C=O) groups is 2. The number of nitrogens with zero attached hydrogens (tertiary/aromatic N) is 1. The van der Waals surface area contributed by atoms with Crippen molar-refractivity contribution in [3.8, 4) is 0 Å². The minimum atomic E-state index is -3.72. The first-order chi connectivity index (χ1) is 12.9. The Morgan fingerprint density at radius 1 is 1.07 bits per heavy atom. The Hall–Kier alpha value is -1.98. The van der Waals surface area contributed by atoms with Crippen molar-refractivity contribution in [1.82, 2.24) is 15.2 Å². The molecule has 3 rings (SSSR count). The molecule has 8 nitrogen and oxygen atoms in total. The van der Waals surface area contributed by atoms with Crippen molar-refractivity contribution >= 4 is 44.8 Å². The zero-order valence-corrected chi connectivity index (χ0v) is 16.4. The van der Waals surface area contributed by atoms with Crippen LogP contribution in [-0.4, -0.2) is 50.8 Å². The molecule has 1 aliphatic rings. The lowest BCUT2D eigenvalue weighted by Gasteiger charge is -2.26.